The van der Waals surface area contributed by atoms with Crippen LogP contribution in [0.1, 0.15) is 42.9 Å². The van der Waals surface area contributed by atoms with Crippen molar-refractivity contribution in [2.45, 2.75) is 45.3 Å². The normalized spacial score (nSPS) is 15.2. The zero-order chi connectivity index (χ0) is 16.5. The van der Waals surface area contributed by atoms with Crippen LogP contribution < -0.4 is 5.32 Å². The van der Waals surface area contributed by atoms with Gasteiger partial charge in [-0.2, -0.15) is 4.98 Å². The summed E-state index contributed by atoms with van der Waals surface area (Å²) in [7, 11) is 0. The number of fused-ring (bicyclic) bond motifs is 1. The molecule has 1 saturated carbocycles. The van der Waals surface area contributed by atoms with Crippen LogP contribution in [-0.2, 0) is 6.61 Å². The van der Waals surface area contributed by atoms with Gasteiger partial charge in [0.2, 0.25) is 5.95 Å². The molecule has 5 nitrogen and oxygen atoms in total. The van der Waals surface area contributed by atoms with Crippen LogP contribution in [0.15, 0.2) is 36.7 Å². The van der Waals surface area contributed by atoms with Gasteiger partial charge in [-0.15, -0.1) is 0 Å². The zero-order valence-corrected chi connectivity index (χ0v) is 13.9. The molecule has 0 radical (unpaired) electrons. The molecule has 0 aliphatic heterocycles. The highest BCUT2D eigenvalue weighted by atomic mass is 16.3. The maximum Gasteiger partial charge on any atom is 0.229 e. The first kappa shape index (κ1) is 15.1. The lowest BCUT2D eigenvalue weighted by Crippen LogP contribution is -2.05. The van der Waals surface area contributed by atoms with Crippen LogP contribution in [0.25, 0.3) is 11.0 Å². The predicted molar refractivity (Wildman–Crippen MR) is 95.4 cm³/mol. The van der Waals surface area contributed by atoms with Gasteiger partial charge in [0.05, 0.1) is 6.61 Å². The number of anilines is 2. The highest BCUT2D eigenvalue weighted by Gasteiger charge is 2.20. The molecule has 2 N–H and O–H groups in total. The molecular weight excluding hydrogens is 300 g/mol. The smallest absolute Gasteiger partial charge is 0.229 e. The molecular formula is C19H22N4O. The third-order valence-electron chi connectivity index (χ3n) is 4.88. The molecule has 5 heteroatoms. The lowest BCUT2D eigenvalue weighted by atomic mass is 10.2. The lowest BCUT2D eigenvalue weighted by molar-refractivity contribution is 0.282. The summed E-state index contributed by atoms with van der Waals surface area (Å²) in [5, 5.41) is 13.5. The van der Waals surface area contributed by atoms with Gasteiger partial charge in [0.15, 0.2) is 0 Å². The minimum absolute atomic E-state index is 0.0525. The Morgan fingerprint density at radius 2 is 1.96 bits per heavy atom. The van der Waals surface area contributed by atoms with Crippen LogP contribution in [0.4, 0.5) is 11.6 Å². The molecule has 0 amide bonds. The topological polar surface area (TPSA) is 63.0 Å². The summed E-state index contributed by atoms with van der Waals surface area (Å²) >= 11 is 0. The van der Waals surface area contributed by atoms with Gasteiger partial charge in [0.25, 0.3) is 0 Å². The molecule has 1 aromatic carbocycles. The standard InChI is InChI=1S/C19H22N4O/c1-13-11-23(16-4-2-3-5-16)18-17(13)10-20-19(22-18)21-15-8-6-14(12-24)7-9-15/h6-11,16,24H,2-5,12H2,1H3,(H,20,21,22). The first-order chi connectivity index (χ1) is 11.7. The fourth-order valence-electron chi connectivity index (χ4n) is 3.53. The number of hydrogen-bond donors (Lipinski definition) is 2. The lowest BCUT2D eigenvalue weighted by Gasteiger charge is -2.13. The number of aliphatic hydroxyl groups excluding tert-OH is 1. The number of aliphatic hydroxyl groups is 1. The number of aryl methyl sites for hydroxylation is 1. The second-order valence-electron chi connectivity index (χ2n) is 6.57. The molecule has 0 spiro atoms. The predicted octanol–water partition coefficient (Wildman–Crippen LogP) is 4.09. The average molecular weight is 322 g/mol. The van der Waals surface area contributed by atoms with Crippen molar-refractivity contribution in [2.24, 2.45) is 0 Å². The van der Waals surface area contributed by atoms with Crippen LogP contribution in [0.3, 0.4) is 0 Å². The quantitative estimate of drug-likeness (QED) is 0.759. The summed E-state index contributed by atoms with van der Waals surface area (Å²) < 4.78 is 2.33. The summed E-state index contributed by atoms with van der Waals surface area (Å²) in [6, 6.07) is 8.21. The SMILES string of the molecule is Cc1cn(C2CCCC2)c2nc(Nc3ccc(CO)cc3)ncc12. The molecule has 24 heavy (non-hydrogen) atoms. The fourth-order valence-corrected chi connectivity index (χ4v) is 3.53. The molecule has 3 aromatic rings. The van der Waals surface area contributed by atoms with Gasteiger partial charge in [0, 0.05) is 29.5 Å². The number of hydrogen-bond acceptors (Lipinski definition) is 4. The minimum atomic E-state index is 0.0525. The van der Waals surface area contributed by atoms with E-state index in [1.54, 1.807) is 0 Å². The van der Waals surface area contributed by atoms with Gasteiger partial charge >= 0.3 is 0 Å². The van der Waals surface area contributed by atoms with Crippen molar-refractivity contribution in [2.75, 3.05) is 5.32 Å². The Labute approximate surface area is 141 Å². The highest BCUT2D eigenvalue weighted by molar-refractivity contribution is 5.80. The Morgan fingerprint density at radius 3 is 2.67 bits per heavy atom. The van der Waals surface area contributed by atoms with E-state index in [2.05, 4.69) is 28.0 Å². The van der Waals surface area contributed by atoms with E-state index in [-0.39, 0.29) is 6.61 Å². The molecule has 0 saturated heterocycles. The number of rotatable bonds is 4. The van der Waals surface area contributed by atoms with Crippen LogP contribution >= 0.6 is 0 Å². The Morgan fingerprint density at radius 1 is 1.21 bits per heavy atom. The fraction of sp³-hybridized carbons (Fsp3) is 0.368. The molecule has 0 bridgehead atoms. The van der Waals surface area contributed by atoms with E-state index in [0.717, 1.165) is 22.3 Å². The summed E-state index contributed by atoms with van der Waals surface area (Å²) in [5.41, 5.74) is 4.06. The van der Waals surface area contributed by atoms with Gasteiger partial charge in [-0.25, -0.2) is 4.98 Å². The maximum absolute atomic E-state index is 9.13. The van der Waals surface area contributed by atoms with E-state index in [9.17, 15) is 0 Å². The first-order valence-electron chi connectivity index (χ1n) is 8.55. The van der Waals surface area contributed by atoms with E-state index >= 15 is 0 Å². The number of nitrogens with one attached hydrogen (secondary N) is 1. The summed E-state index contributed by atoms with van der Waals surface area (Å²) in [6.07, 6.45) is 9.20. The third-order valence-corrected chi connectivity index (χ3v) is 4.88. The second kappa shape index (κ2) is 6.24. The van der Waals surface area contributed by atoms with Gasteiger partial charge in [-0.3, -0.25) is 0 Å². The number of benzene rings is 1. The van der Waals surface area contributed by atoms with Crippen molar-refractivity contribution in [3.05, 3.63) is 47.8 Å². The van der Waals surface area contributed by atoms with E-state index < -0.39 is 0 Å². The van der Waals surface area contributed by atoms with E-state index in [1.165, 1.54) is 31.2 Å². The van der Waals surface area contributed by atoms with Gasteiger partial charge in [0.1, 0.15) is 5.65 Å². The molecule has 4 rings (SSSR count). The Hall–Kier alpha value is -2.40. The van der Waals surface area contributed by atoms with Gasteiger partial charge < -0.3 is 15.0 Å². The number of nitrogens with zero attached hydrogens (tertiary/aromatic N) is 3. The summed E-state index contributed by atoms with van der Waals surface area (Å²) in [5.74, 6) is 0.608. The maximum atomic E-state index is 9.13. The van der Waals surface area contributed by atoms with E-state index in [4.69, 9.17) is 10.1 Å². The molecule has 1 fully saturated rings. The largest absolute Gasteiger partial charge is 0.392 e. The van der Waals surface area contributed by atoms with Crippen molar-refractivity contribution in [3.8, 4) is 0 Å². The first-order valence-corrected chi connectivity index (χ1v) is 8.55. The van der Waals surface area contributed by atoms with Crippen LogP contribution in [0, 0.1) is 6.92 Å². The van der Waals surface area contributed by atoms with Crippen LogP contribution in [-0.4, -0.2) is 19.6 Å². The Bertz CT molecular complexity index is 848. The molecule has 2 heterocycles. The van der Waals surface area contributed by atoms with Crippen molar-refractivity contribution in [1.82, 2.24) is 14.5 Å². The summed E-state index contributed by atoms with van der Waals surface area (Å²) in [4.78, 5) is 9.23. The van der Waals surface area contributed by atoms with Crippen molar-refractivity contribution < 1.29 is 5.11 Å². The molecule has 2 aromatic heterocycles. The van der Waals surface area contributed by atoms with Crippen LogP contribution in [0.5, 0.6) is 0 Å². The van der Waals surface area contributed by atoms with Gasteiger partial charge in [-0.05, 0) is 43.0 Å². The van der Waals surface area contributed by atoms with Crippen LogP contribution in [0.2, 0.25) is 0 Å². The number of aromatic nitrogens is 3. The second-order valence-corrected chi connectivity index (χ2v) is 6.57. The highest BCUT2D eigenvalue weighted by Crippen LogP contribution is 2.33. The van der Waals surface area contributed by atoms with Crippen molar-refractivity contribution in [1.29, 1.82) is 0 Å². The third kappa shape index (κ3) is 2.76. The molecule has 1 aliphatic rings. The van der Waals surface area contributed by atoms with E-state index in [1.807, 2.05) is 30.5 Å². The molecule has 0 atom stereocenters. The van der Waals surface area contributed by atoms with Crippen molar-refractivity contribution in [3.63, 3.8) is 0 Å². The molecule has 1 aliphatic carbocycles. The molecule has 0 unspecified atom stereocenters. The minimum Gasteiger partial charge on any atom is -0.392 e. The average Bonchev–Trinajstić information content (AvgIpc) is 3.24. The Kier molecular flexibility index (Phi) is 3.94. The molecule has 124 valence electrons. The van der Waals surface area contributed by atoms with Crippen molar-refractivity contribution >= 4 is 22.7 Å². The monoisotopic (exact) mass is 322 g/mol. The zero-order valence-electron chi connectivity index (χ0n) is 13.9. The van der Waals surface area contributed by atoms with Gasteiger partial charge in [-0.1, -0.05) is 25.0 Å². The summed E-state index contributed by atoms with van der Waals surface area (Å²) in [6.45, 7) is 2.18. The van der Waals surface area contributed by atoms with E-state index in [0.29, 0.717) is 12.0 Å². The Balaban J connectivity index is 1.67.